The molecular weight excluding hydrogens is 340 g/mol. The zero-order valence-electron chi connectivity index (χ0n) is 15.0. The summed E-state index contributed by atoms with van der Waals surface area (Å²) in [7, 11) is 0. The predicted octanol–water partition coefficient (Wildman–Crippen LogP) is 3.45. The molecule has 2 N–H and O–H groups in total. The molecule has 1 fully saturated rings. The number of benzene rings is 2. The maximum atomic E-state index is 10.5. The molecule has 1 aliphatic carbocycles. The molecular formula is C22H25N2OS+. The van der Waals surface area contributed by atoms with E-state index >= 15 is 0 Å². The molecule has 2 aliphatic rings. The van der Waals surface area contributed by atoms with E-state index in [1.807, 2.05) is 17.4 Å². The van der Waals surface area contributed by atoms with Gasteiger partial charge >= 0.3 is 0 Å². The number of hydrogen-bond donors (Lipinski definition) is 2. The van der Waals surface area contributed by atoms with Gasteiger partial charge in [-0.15, -0.1) is 11.3 Å². The van der Waals surface area contributed by atoms with Gasteiger partial charge in [0, 0.05) is 5.56 Å². The lowest BCUT2D eigenvalue weighted by atomic mass is 9.97. The molecule has 0 saturated carbocycles. The van der Waals surface area contributed by atoms with Crippen molar-refractivity contribution in [2.75, 3.05) is 13.1 Å². The van der Waals surface area contributed by atoms with Gasteiger partial charge in [-0.25, -0.2) is 4.98 Å². The molecule has 3 nitrogen and oxygen atoms in total. The molecule has 1 aromatic heterocycles. The van der Waals surface area contributed by atoms with Crippen LogP contribution in [0.5, 0.6) is 5.75 Å². The molecule has 2 atom stereocenters. The van der Waals surface area contributed by atoms with E-state index in [1.54, 1.807) is 4.90 Å². The van der Waals surface area contributed by atoms with Gasteiger partial charge in [0.05, 0.1) is 29.2 Å². The third-order valence-corrected chi connectivity index (χ3v) is 7.21. The second-order valence-corrected chi connectivity index (χ2v) is 8.91. The van der Waals surface area contributed by atoms with Crippen LogP contribution in [-0.2, 0) is 19.4 Å². The van der Waals surface area contributed by atoms with Gasteiger partial charge in [0.25, 0.3) is 0 Å². The number of piperidine rings is 1. The van der Waals surface area contributed by atoms with E-state index in [2.05, 4.69) is 30.3 Å². The summed E-state index contributed by atoms with van der Waals surface area (Å²) in [6.45, 7) is 3.24. The molecule has 2 heterocycles. The van der Waals surface area contributed by atoms with Crippen LogP contribution >= 0.6 is 11.3 Å². The van der Waals surface area contributed by atoms with Crippen molar-refractivity contribution in [3.63, 3.8) is 0 Å². The first-order valence-corrected chi connectivity index (χ1v) is 10.6. The standard InChI is InChI=1S/C22H24N2OS/c25-20-12-16-6-3-5-15(16)11-18(20)14-24-10-4-7-17(13-24)22-23-19-8-1-2-9-21(19)26-22/h1-2,8-9,11-12,17,25H,3-7,10,13-14H2/p+1/t17-/m0/s1. The summed E-state index contributed by atoms with van der Waals surface area (Å²) in [5.74, 6) is 1.05. The fraction of sp³-hybridized carbons (Fsp3) is 0.409. The van der Waals surface area contributed by atoms with Crippen LogP contribution in [0.2, 0.25) is 0 Å². The maximum absolute atomic E-state index is 10.5. The van der Waals surface area contributed by atoms with Crippen LogP contribution in [0.1, 0.15) is 46.9 Å². The number of thiazole rings is 1. The lowest BCUT2D eigenvalue weighted by molar-refractivity contribution is -0.920. The van der Waals surface area contributed by atoms with Crippen molar-refractivity contribution in [3.05, 3.63) is 58.1 Å². The van der Waals surface area contributed by atoms with E-state index in [-0.39, 0.29) is 0 Å². The van der Waals surface area contributed by atoms with Crippen molar-refractivity contribution in [3.8, 4) is 5.75 Å². The number of hydrogen-bond acceptors (Lipinski definition) is 3. The van der Waals surface area contributed by atoms with Crippen molar-refractivity contribution < 1.29 is 10.0 Å². The van der Waals surface area contributed by atoms with Gasteiger partial charge < -0.3 is 10.0 Å². The molecule has 2 aromatic carbocycles. The van der Waals surface area contributed by atoms with Crippen LogP contribution < -0.4 is 4.90 Å². The second kappa shape index (κ2) is 6.67. The Morgan fingerprint density at radius 1 is 1.12 bits per heavy atom. The van der Waals surface area contributed by atoms with Crippen molar-refractivity contribution >= 4 is 21.6 Å². The summed E-state index contributed by atoms with van der Waals surface area (Å²) in [6.07, 6.45) is 6.00. The van der Waals surface area contributed by atoms with E-state index in [0.29, 0.717) is 11.7 Å². The lowest BCUT2D eigenvalue weighted by Crippen LogP contribution is -3.12. The van der Waals surface area contributed by atoms with E-state index in [4.69, 9.17) is 4.98 Å². The first kappa shape index (κ1) is 16.3. The third kappa shape index (κ3) is 3.01. The Morgan fingerprint density at radius 2 is 1.96 bits per heavy atom. The second-order valence-electron chi connectivity index (χ2n) is 7.84. The molecule has 1 unspecified atom stereocenters. The van der Waals surface area contributed by atoms with Crippen LogP contribution in [0.4, 0.5) is 0 Å². The van der Waals surface area contributed by atoms with E-state index < -0.39 is 0 Å². The average molecular weight is 366 g/mol. The van der Waals surface area contributed by atoms with Gasteiger partial charge in [0.15, 0.2) is 0 Å². The number of phenolic OH excluding ortho intramolecular Hbond substituents is 1. The zero-order chi connectivity index (χ0) is 17.5. The summed E-state index contributed by atoms with van der Waals surface area (Å²) in [4.78, 5) is 6.48. The van der Waals surface area contributed by atoms with Crippen LogP contribution in [0.15, 0.2) is 36.4 Å². The molecule has 0 spiro atoms. The van der Waals surface area contributed by atoms with E-state index in [9.17, 15) is 5.11 Å². The third-order valence-electron chi connectivity index (χ3n) is 6.01. The number of para-hydroxylation sites is 1. The summed E-state index contributed by atoms with van der Waals surface area (Å²) >= 11 is 1.86. The number of fused-ring (bicyclic) bond motifs is 2. The quantitative estimate of drug-likeness (QED) is 0.746. The summed E-state index contributed by atoms with van der Waals surface area (Å²) in [5.41, 5.74) is 5.07. The van der Waals surface area contributed by atoms with Crippen molar-refractivity contribution in [1.82, 2.24) is 4.98 Å². The summed E-state index contributed by atoms with van der Waals surface area (Å²) < 4.78 is 1.30. The van der Waals surface area contributed by atoms with Gasteiger partial charge in [-0.1, -0.05) is 12.1 Å². The van der Waals surface area contributed by atoms with Crippen molar-refractivity contribution in [1.29, 1.82) is 0 Å². The molecule has 134 valence electrons. The molecule has 1 aliphatic heterocycles. The lowest BCUT2D eigenvalue weighted by Gasteiger charge is -2.29. The Bertz CT molecular complexity index is 915. The Hall–Kier alpha value is -1.91. The molecule has 0 radical (unpaired) electrons. The Labute approximate surface area is 158 Å². The van der Waals surface area contributed by atoms with Crippen LogP contribution in [-0.4, -0.2) is 23.2 Å². The normalized spacial score (nSPS) is 22.6. The van der Waals surface area contributed by atoms with Gasteiger partial charge in [-0.3, -0.25) is 0 Å². The smallest absolute Gasteiger partial charge is 0.124 e. The average Bonchev–Trinajstić information content (AvgIpc) is 3.28. The molecule has 5 rings (SSSR count). The number of aryl methyl sites for hydroxylation is 2. The number of aromatic nitrogens is 1. The van der Waals surface area contributed by atoms with Crippen LogP contribution in [0.3, 0.4) is 0 Å². The highest BCUT2D eigenvalue weighted by molar-refractivity contribution is 7.18. The molecule has 0 amide bonds. The van der Waals surface area contributed by atoms with Crippen molar-refractivity contribution in [2.24, 2.45) is 0 Å². The number of nitrogens with zero attached hydrogens (tertiary/aromatic N) is 1. The Balaban J connectivity index is 1.34. The fourth-order valence-electron chi connectivity index (χ4n) is 4.66. The molecule has 3 aromatic rings. The minimum atomic E-state index is 0.500. The number of phenols is 1. The number of aromatic hydroxyl groups is 1. The topological polar surface area (TPSA) is 37.6 Å². The monoisotopic (exact) mass is 365 g/mol. The predicted molar refractivity (Wildman–Crippen MR) is 106 cm³/mol. The van der Waals surface area contributed by atoms with Gasteiger partial charge in [-0.05, 0) is 67.5 Å². The molecule has 1 saturated heterocycles. The largest absolute Gasteiger partial charge is 0.507 e. The Morgan fingerprint density at radius 3 is 2.85 bits per heavy atom. The number of quaternary nitrogens is 1. The summed E-state index contributed by atoms with van der Waals surface area (Å²) in [6, 6.07) is 12.7. The SMILES string of the molecule is Oc1cc2c(cc1C[NH+]1CCC[C@H](c3nc4ccccc4s3)C1)CCC2. The van der Waals surface area contributed by atoms with E-state index in [1.165, 1.54) is 53.1 Å². The maximum Gasteiger partial charge on any atom is 0.124 e. The minimum absolute atomic E-state index is 0.500. The highest BCUT2D eigenvalue weighted by atomic mass is 32.1. The van der Waals surface area contributed by atoms with Gasteiger partial charge in [0.1, 0.15) is 17.3 Å². The molecule has 4 heteroatoms. The highest BCUT2D eigenvalue weighted by Gasteiger charge is 2.28. The van der Waals surface area contributed by atoms with Crippen LogP contribution in [0.25, 0.3) is 10.2 Å². The molecule has 26 heavy (non-hydrogen) atoms. The Kier molecular flexibility index (Phi) is 4.18. The van der Waals surface area contributed by atoms with E-state index in [0.717, 1.165) is 30.6 Å². The first-order chi connectivity index (χ1) is 12.8. The zero-order valence-corrected chi connectivity index (χ0v) is 15.8. The van der Waals surface area contributed by atoms with Gasteiger partial charge in [0.2, 0.25) is 0 Å². The van der Waals surface area contributed by atoms with Gasteiger partial charge in [-0.2, -0.15) is 0 Å². The fourth-order valence-corrected chi connectivity index (χ4v) is 5.76. The minimum Gasteiger partial charge on any atom is -0.507 e. The highest BCUT2D eigenvalue weighted by Crippen LogP contribution is 2.31. The number of rotatable bonds is 3. The summed E-state index contributed by atoms with van der Waals surface area (Å²) in [5, 5.41) is 11.8. The number of nitrogens with one attached hydrogen (secondary N) is 1. The molecule has 0 bridgehead atoms. The first-order valence-electron chi connectivity index (χ1n) is 9.79. The van der Waals surface area contributed by atoms with Crippen LogP contribution in [0, 0.1) is 0 Å². The number of likely N-dealkylation sites (tertiary alicyclic amines) is 1. The van der Waals surface area contributed by atoms with Crippen molar-refractivity contribution in [2.45, 2.75) is 44.6 Å².